The fourth-order valence-electron chi connectivity index (χ4n) is 1.65. The number of rotatable bonds is 3. The van der Waals surface area contributed by atoms with Crippen molar-refractivity contribution >= 4 is 43.5 Å². The van der Waals surface area contributed by atoms with Crippen LogP contribution >= 0.6 is 43.5 Å². The lowest BCUT2D eigenvalue weighted by Crippen LogP contribution is -1.99. The van der Waals surface area contributed by atoms with Gasteiger partial charge >= 0.3 is 0 Å². The topological polar surface area (TPSA) is 25.8 Å². The molecule has 0 amide bonds. The molecule has 6 heteroatoms. The maximum absolute atomic E-state index is 13.3. The predicted molar refractivity (Wildman–Crippen MR) is 81.8 cm³/mol. The van der Waals surface area contributed by atoms with Gasteiger partial charge in [0.05, 0.1) is 10.2 Å². The molecule has 0 unspecified atom stereocenters. The molecule has 1 aromatic carbocycles. The first-order valence-corrected chi connectivity index (χ1v) is 7.66. The van der Waals surface area contributed by atoms with E-state index in [0.29, 0.717) is 21.0 Å². The summed E-state index contributed by atoms with van der Waals surface area (Å²) in [7, 11) is 0. The molecule has 100 valence electrons. The fraction of sp³-hybridized carbons (Fsp3) is 0.231. The second kappa shape index (κ2) is 6.29. The zero-order chi connectivity index (χ0) is 14.0. The fourth-order valence-corrected chi connectivity index (χ4v) is 2.64. The Hall–Kier alpha value is -0.520. The molecule has 1 heterocycles. The first kappa shape index (κ1) is 14.9. The Morgan fingerprint density at radius 1 is 1.26 bits per heavy atom. The lowest BCUT2D eigenvalue weighted by Gasteiger charge is -2.09. The molecule has 0 fully saturated rings. The summed E-state index contributed by atoms with van der Waals surface area (Å²) in [4.78, 5) is 8.65. The molecular formula is C13H10Br2ClFN2. The average Bonchev–Trinajstić information content (AvgIpc) is 2.38. The summed E-state index contributed by atoms with van der Waals surface area (Å²) in [6.45, 7) is 2.06. The van der Waals surface area contributed by atoms with Crippen LogP contribution in [0.4, 0.5) is 4.39 Å². The van der Waals surface area contributed by atoms with Crippen molar-refractivity contribution in [3.63, 3.8) is 0 Å². The summed E-state index contributed by atoms with van der Waals surface area (Å²) >= 11 is 12.8. The number of halogens is 4. The molecular weight excluding hydrogens is 398 g/mol. The van der Waals surface area contributed by atoms with Gasteiger partial charge < -0.3 is 0 Å². The lowest BCUT2D eigenvalue weighted by molar-refractivity contribution is 0.628. The Morgan fingerprint density at radius 3 is 2.68 bits per heavy atom. The van der Waals surface area contributed by atoms with Crippen molar-refractivity contribution < 1.29 is 4.39 Å². The maximum Gasteiger partial charge on any atom is 0.162 e. The number of aromatic nitrogens is 2. The van der Waals surface area contributed by atoms with Crippen molar-refractivity contribution in [2.24, 2.45) is 0 Å². The van der Waals surface area contributed by atoms with Crippen LogP contribution in [0.5, 0.6) is 0 Å². The average molecular weight is 408 g/mol. The van der Waals surface area contributed by atoms with Gasteiger partial charge in [0.15, 0.2) is 5.82 Å². The van der Waals surface area contributed by atoms with Crippen LogP contribution in [0.1, 0.15) is 19.0 Å². The summed E-state index contributed by atoms with van der Waals surface area (Å²) in [5, 5.41) is 0.338. The molecule has 0 spiro atoms. The maximum atomic E-state index is 13.3. The molecule has 2 aromatic rings. The van der Waals surface area contributed by atoms with E-state index >= 15 is 0 Å². The van der Waals surface area contributed by atoms with Gasteiger partial charge in [-0.1, -0.05) is 40.9 Å². The summed E-state index contributed by atoms with van der Waals surface area (Å²) < 4.78 is 14.8. The van der Waals surface area contributed by atoms with E-state index in [0.717, 1.165) is 23.0 Å². The first-order chi connectivity index (χ1) is 9.02. The highest BCUT2D eigenvalue weighted by Crippen LogP contribution is 2.31. The summed E-state index contributed by atoms with van der Waals surface area (Å²) in [6, 6.07) is 4.39. The van der Waals surface area contributed by atoms with Gasteiger partial charge in [-0.25, -0.2) is 14.4 Å². The van der Waals surface area contributed by atoms with Gasteiger partial charge in [-0.3, -0.25) is 0 Å². The highest BCUT2D eigenvalue weighted by Gasteiger charge is 2.14. The van der Waals surface area contributed by atoms with Gasteiger partial charge in [0.25, 0.3) is 0 Å². The molecule has 0 aliphatic carbocycles. The van der Waals surface area contributed by atoms with Crippen LogP contribution in [-0.4, -0.2) is 9.97 Å². The molecule has 0 N–H and O–H groups in total. The number of hydrogen-bond donors (Lipinski definition) is 0. The Labute approximate surface area is 132 Å². The molecule has 19 heavy (non-hydrogen) atoms. The number of benzene rings is 1. The van der Waals surface area contributed by atoms with Crippen molar-refractivity contribution in [2.75, 3.05) is 0 Å². The molecule has 0 atom stereocenters. The molecule has 0 saturated carbocycles. The van der Waals surface area contributed by atoms with Crippen LogP contribution in [0.2, 0.25) is 5.15 Å². The molecule has 0 bridgehead atoms. The van der Waals surface area contributed by atoms with Crippen molar-refractivity contribution in [1.29, 1.82) is 0 Å². The van der Waals surface area contributed by atoms with Gasteiger partial charge in [-0.15, -0.1) is 0 Å². The van der Waals surface area contributed by atoms with Crippen LogP contribution in [0.15, 0.2) is 27.1 Å². The van der Waals surface area contributed by atoms with Crippen molar-refractivity contribution in [3.8, 4) is 11.4 Å². The van der Waals surface area contributed by atoms with E-state index in [1.807, 2.05) is 0 Å². The Morgan fingerprint density at radius 2 is 2.00 bits per heavy atom. The Kier molecular flexibility index (Phi) is 4.92. The second-order valence-electron chi connectivity index (χ2n) is 3.97. The quantitative estimate of drug-likeness (QED) is 0.635. The van der Waals surface area contributed by atoms with Crippen molar-refractivity contribution in [1.82, 2.24) is 9.97 Å². The van der Waals surface area contributed by atoms with E-state index in [1.165, 1.54) is 12.1 Å². The molecule has 1 aromatic heterocycles. The predicted octanol–water partition coefficient (Wildman–Crippen LogP) is 5.41. The van der Waals surface area contributed by atoms with E-state index in [1.54, 1.807) is 6.07 Å². The van der Waals surface area contributed by atoms with Crippen LogP contribution in [-0.2, 0) is 6.42 Å². The molecule has 2 nitrogen and oxygen atoms in total. The number of aryl methyl sites for hydroxylation is 1. The van der Waals surface area contributed by atoms with E-state index in [9.17, 15) is 4.39 Å². The van der Waals surface area contributed by atoms with Crippen molar-refractivity contribution in [3.05, 3.63) is 43.8 Å². The third-order valence-electron chi connectivity index (χ3n) is 2.54. The number of hydrogen-bond acceptors (Lipinski definition) is 2. The minimum atomic E-state index is -0.335. The van der Waals surface area contributed by atoms with Gasteiger partial charge in [0.2, 0.25) is 0 Å². The third-order valence-corrected chi connectivity index (χ3v) is 4.56. The third kappa shape index (κ3) is 3.33. The van der Waals surface area contributed by atoms with E-state index < -0.39 is 0 Å². The Bertz CT molecular complexity index is 620. The molecule has 2 rings (SSSR count). The number of nitrogens with zero attached hydrogens (tertiary/aromatic N) is 2. The zero-order valence-corrected chi connectivity index (χ0v) is 14.0. The SMILES string of the molecule is CCCc1nc(-c2cc(F)ccc2Br)nc(Cl)c1Br. The normalized spacial score (nSPS) is 10.8. The molecule has 0 saturated heterocycles. The van der Waals surface area contributed by atoms with Gasteiger partial charge in [0.1, 0.15) is 11.0 Å². The van der Waals surface area contributed by atoms with Gasteiger partial charge in [-0.05, 0) is 40.5 Å². The standard InChI is InChI=1S/C13H10Br2ClFN2/c1-2-3-10-11(15)12(16)19-13(18-10)8-6-7(17)4-5-9(8)14/h4-6H,2-3H2,1H3. The van der Waals surface area contributed by atoms with Gasteiger partial charge in [0, 0.05) is 10.0 Å². The van der Waals surface area contributed by atoms with E-state index in [2.05, 4.69) is 48.8 Å². The first-order valence-electron chi connectivity index (χ1n) is 5.70. The smallest absolute Gasteiger partial charge is 0.162 e. The molecule has 0 aliphatic rings. The minimum Gasteiger partial charge on any atom is -0.232 e. The molecule has 0 aliphatic heterocycles. The zero-order valence-electron chi connectivity index (χ0n) is 10.1. The van der Waals surface area contributed by atoms with Crippen LogP contribution in [0, 0.1) is 5.82 Å². The summed E-state index contributed by atoms with van der Waals surface area (Å²) in [5.41, 5.74) is 1.42. The van der Waals surface area contributed by atoms with Crippen molar-refractivity contribution in [2.45, 2.75) is 19.8 Å². The van der Waals surface area contributed by atoms with Crippen LogP contribution < -0.4 is 0 Å². The largest absolute Gasteiger partial charge is 0.232 e. The second-order valence-corrected chi connectivity index (χ2v) is 5.98. The minimum absolute atomic E-state index is 0.335. The lowest BCUT2D eigenvalue weighted by atomic mass is 10.2. The summed E-state index contributed by atoms with van der Waals surface area (Å²) in [5.74, 6) is 0.0842. The van der Waals surface area contributed by atoms with E-state index in [-0.39, 0.29) is 5.82 Å². The van der Waals surface area contributed by atoms with Crippen LogP contribution in [0.3, 0.4) is 0 Å². The van der Waals surface area contributed by atoms with Crippen LogP contribution in [0.25, 0.3) is 11.4 Å². The monoisotopic (exact) mass is 406 g/mol. The summed E-state index contributed by atoms with van der Waals surface area (Å²) in [6.07, 6.45) is 1.72. The highest BCUT2D eigenvalue weighted by molar-refractivity contribution is 9.11. The highest BCUT2D eigenvalue weighted by atomic mass is 79.9. The van der Waals surface area contributed by atoms with E-state index in [4.69, 9.17) is 11.6 Å². The molecule has 0 radical (unpaired) electrons. The van der Waals surface area contributed by atoms with Gasteiger partial charge in [-0.2, -0.15) is 0 Å². The Balaban J connectivity index is 2.59.